The minimum Gasteiger partial charge on any atom is -0.496 e. The SMILES string of the molecule is COc1ccccc1/C=C/C(=O)c1ccc(OCc2cn(C3C(=O)N(c4ccc(C)cc4)C3/C=C/c3ccccc3)nn2)cc1. The topological polar surface area (TPSA) is 86.5 Å². The van der Waals surface area contributed by atoms with E-state index in [1.165, 1.54) is 6.08 Å². The van der Waals surface area contributed by atoms with Crippen molar-refractivity contribution in [2.24, 2.45) is 0 Å². The van der Waals surface area contributed by atoms with Crippen molar-refractivity contribution < 1.29 is 19.1 Å². The lowest BCUT2D eigenvalue weighted by atomic mass is 9.92. The number of rotatable bonds is 11. The fourth-order valence-corrected chi connectivity index (χ4v) is 5.19. The molecule has 0 saturated carbocycles. The van der Waals surface area contributed by atoms with E-state index in [1.54, 1.807) is 53.2 Å². The Morgan fingerprint density at radius 3 is 2.38 bits per heavy atom. The number of benzene rings is 4. The second-order valence-corrected chi connectivity index (χ2v) is 10.7. The van der Waals surface area contributed by atoms with E-state index in [0.29, 0.717) is 22.8 Å². The molecule has 1 fully saturated rings. The molecule has 1 amide bonds. The van der Waals surface area contributed by atoms with Gasteiger partial charge in [-0.15, -0.1) is 5.10 Å². The lowest BCUT2D eigenvalue weighted by molar-refractivity contribution is -0.128. The molecule has 1 aliphatic heterocycles. The molecule has 0 bridgehead atoms. The molecule has 2 unspecified atom stereocenters. The van der Waals surface area contributed by atoms with Crippen LogP contribution < -0.4 is 14.4 Å². The molecule has 1 saturated heterocycles. The Kier molecular flexibility index (Phi) is 8.64. The van der Waals surface area contributed by atoms with Gasteiger partial charge < -0.3 is 14.4 Å². The number of para-hydroxylation sites is 1. The smallest absolute Gasteiger partial charge is 0.255 e. The summed E-state index contributed by atoms with van der Waals surface area (Å²) < 4.78 is 12.9. The predicted molar refractivity (Wildman–Crippen MR) is 174 cm³/mol. The molecule has 1 aromatic heterocycles. The molecule has 8 heteroatoms. The number of hydrogen-bond donors (Lipinski definition) is 0. The molecule has 224 valence electrons. The first-order valence-corrected chi connectivity index (χ1v) is 14.6. The number of carbonyl (C=O) groups excluding carboxylic acids is 2. The predicted octanol–water partition coefficient (Wildman–Crippen LogP) is 6.74. The summed E-state index contributed by atoms with van der Waals surface area (Å²) in [4.78, 5) is 27.9. The molecule has 5 aromatic rings. The highest BCUT2D eigenvalue weighted by Crippen LogP contribution is 2.37. The number of methoxy groups -OCH3 is 1. The van der Waals surface area contributed by atoms with Crippen molar-refractivity contribution in [3.05, 3.63) is 149 Å². The zero-order chi connectivity index (χ0) is 31.2. The number of ether oxygens (including phenoxy) is 2. The van der Waals surface area contributed by atoms with E-state index in [4.69, 9.17) is 9.47 Å². The van der Waals surface area contributed by atoms with Crippen LogP contribution in [0.4, 0.5) is 5.69 Å². The average Bonchev–Trinajstić information content (AvgIpc) is 3.54. The largest absolute Gasteiger partial charge is 0.496 e. The molecule has 0 radical (unpaired) electrons. The van der Waals surface area contributed by atoms with Gasteiger partial charge in [0.2, 0.25) is 0 Å². The third kappa shape index (κ3) is 6.60. The maximum atomic E-state index is 13.4. The quantitative estimate of drug-likeness (QED) is 0.0954. The number of carbonyl (C=O) groups is 2. The Labute approximate surface area is 261 Å². The highest BCUT2D eigenvalue weighted by molar-refractivity contribution is 6.07. The number of anilines is 1. The number of β-lactam (4-membered cyclic amide) rings is 1. The molecule has 8 nitrogen and oxygen atoms in total. The third-order valence-corrected chi connectivity index (χ3v) is 7.63. The van der Waals surface area contributed by atoms with E-state index in [-0.39, 0.29) is 24.3 Å². The van der Waals surface area contributed by atoms with Gasteiger partial charge in [0.1, 0.15) is 23.8 Å². The van der Waals surface area contributed by atoms with Gasteiger partial charge in [0.05, 0.1) is 19.3 Å². The fraction of sp³-hybridized carbons (Fsp3) is 0.135. The van der Waals surface area contributed by atoms with E-state index in [0.717, 1.165) is 22.4 Å². The van der Waals surface area contributed by atoms with Crippen LogP contribution in [0.25, 0.3) is 12.2 Å². The molecule has 0 spiro atoms. The number of amides is 1. The molecule has 4 aromatic carbocycles. The lowest BCUT2D eigenvalue weighted by Gasteiger charge is -2.45. The number of allylic oxidation sites excluding steroid dienone is 1. The summed E-state index contributed by atoms with van der Waals surface area (Å²) in [6.07, 6.45) is 9.07. The van der Waals surface area contributed by atoms with Crippen molar-refractivity contribution in [2.75, 3.05) is 12.0 Å². The van der Waals surface area contributed by atoms with Gasteiger partial charge >= 0.3 is 0 Å². The zero-order valence-electron chi connectivity index (χ0n) is 25.0. The number of nitrogens with zero attached hydrogens (tertiary/aromatic N) is 4. The van der Waals surface area contributed by atoms with Crippen LogP contribution in [0.5, 0.6) is 11.5 Å². The first-order chi connectivity index (χ1) is 22.0. The first kappa shape index (κ1) is 29.3. The van der Waals surface area contributed by atoms with Crippen LogP contribution in [0.15, 0.2) is 121 Å². The molecule has 0 aliphatic carbocycles. The van der Waals surface area contributed by atoms with Gasteiger partial charge in [-0.2, -0.15) is 0 Å². The summed E-state index contributed by atoms with van der Waals surface area (Å²) in [5, 5.41) is 8.55. The molecule has 1 aliphatic rings. The summed E-state index contributed by atoms with van der Waals surface area (Å²) in [6, 6.07) is 31.6. The zero-order valence-corrected chi connectivity index (χ0v) is 25.0. The van der Waals surface area contributed by atoms with Crippen LogP contribution >= 0.6 is 0 Å². The lowest BCUT2D eigenvalue weighted by Crippen LogP contribution is -2.61. The van der Waals surface area contributed by atoms with Crippen molar-refractivity contribution in [2.45, 2.75) is 25.6 Å². The molecule has 0 N–H and O–H groups in total. The molecule has 6 rings (SSSR count). The Morgan fingerprint density at radius 2 is 1.62 bits per heavy atom. The molecule has 2 heterocycles. The molecule has 2 atom stereocenters. The highest BCUT2D eigenvalue weighted by Gasteiger charge is 2.48. The van der Waals surface area contributed by atoms with Gasteiger partial charge in [-0.25, -0.2) is 4.68 Å². The Balaban J connectivity index is 1.11. The Bertz CT molecular complexity index is 1840. The maximum absolute atomic E-state index is 13.4. The van der Waals surface area contributed by atoms with Crippen molar-refractivity contribution in [1.29, 1.82) is 0 Å². The van der Waals surface area contributed by atoms with Crippen molar-refractivity contribution in [3.8, 4) is 11.5 Å². The summed E-state index contributed by atoms with van der Waals surface area (Å²) in [5.74, 6) is 1.10. The Hall–Kier alpha value is -5.76. The third-order valence-electron chi connectivity index (χ3n) is 7.63. The summed E-state index contributed by atoms with van der Waals surface area (Å²) in [7, 11) is 1.60. The number of hydrogen-bond acceptors (Lipinski definition) is 6. The van der Waals surface area contributed by atoms with Crippen LogP contribution in [-0.4, -0.2) is 39.8 Å². The van der Waals surface area contributed by atoms with Gasteiger partial charge in [-0.05, 0) is 67.1 Å². The monoisotopic (exact) mass is 596 g/mol. The summed E-state index contributed by atoms with van der Waals surface area (Å²) in [6.45, 7) is 2.18. The second kappa shape index (κ2) is 13.3. The van der Waals surface area contributed by atoms with Gasteiger partial charge in [0.15, 0.2) is 11.8 Å². The van der Waals surface area contributed by atoms with Crippen LogP contribution in [-0.2, 0) is 11.4 Å². The highest BCUT2D eigenvalue weighted by atomic mass is 16.5. The van der Waals surface area contributed by atoms with Crippen molar-refractivity contribution in [1.82, 2.24) is 15.0 Å². The maximum Gasteiger partial charge on any atom is 0.255 e. The van der Waals surface area contributed by atoms with E-state index < -0.39 is 6.04 Å². The summed E-state index contributed by atoms with van der Waals surface area (Å²) in [5.41, 5.74) is 4.96. The van der Waals surface area contributed by atoms with E-state index in [2.05, 4.69) is 10.3 Å². The fourth-order valence-electron chi connectivity index (χ4n) is 5.19. The van der Waals surface area contributed by atoms with Crippen LogP contribution in [0, 0.1) is 6.92 Å². The number of aryl methyl sites for hydroxylation is 1. The van der Waals surface area contributed by atoms with Gasteiger partial charge in [0.25, 0.3) is 5.91 Å². The van der Waals surface area contributed by atoms with E-state index in [1.807, 2.05) is 97.9 Å². The standard InChI is InChI=1S/C37H32N4O4/c1-26-12-18-31(19-13-26)41-33(22-14-27-8-4-3-5-9-27)36(37(41)43)40-24-30(38-39-40)25-45-32-20-15-28(16-21-32)34(42)23-17-29-10-6-7-11-35(29)44-2/h3-24,33,36H,25H2,1-2H3/b22-14+,23-17+. The molecular formula is C37H32N4O4. The van der Waals surface area contributed by atoms with Crippen LogP contribution in [0.1, 0.15) is 38.8 Å². The van der Waals surface area contributed by atoms with E-state index in [9.17, 15) is 9.59 Å². The minimum absolute atomic E-state index is 0.0565. The van der Waals surface area contributed by atoms with Gasteiger partial charge in [-0.3, -0.25) is 9.59 Å². The normalized spacial score (nSPS) is 16.2. The van der Waals surface area contributed by atoms with Crippen molar-refractivity contribution in [3.63, 3.8) is 0 Å². The van der Waals surface area contributed by atoms with Crippen LogP contribution in [0.3, 0.4) is 0 Å². The number of ketones is 1. The van der Waals surface area contributed by atoms with Crippen molar-refractivity contribution >= 4 is 29.5 Å². The first-order valence-electron chi connectivity index (χ1n) is 14.6. The van der Waals surface area contributed by atoms with E-state index >= 15 is 0 Å². The number of aromatic nitrogens is 3. The average molecular weight is 597 g/mol. The summed E-state index contributed by atoms with van der Waals surface area (Å²) >= 11 is 0. The van der Waals surface area contributed by atoms with Gasteiger partial charge in [0, 0.05) is 16.8 Å². The molecular weight excluding hydrogens is 564 g/mol. The van der Waals surface area contributed by atoms with Gasteiger partial charge in [-0.1, -0.05) is 83.6 Å². The molecule has 45 heavy (non-hydrogen) atoms. The van der Waals surface area contributed by atoms with Crippen LogP contribution in [0.2, 0.25) is 0 Å². The minimum atomic E-state index is -0.526. The second-order valence-electron chi connectivity index (χ2n) is 10.7. The Morgan fingerprint density at radius 1 is 0.889 bits per heavy atom.